The zero-order chi connectivity index (χ0) is 14.0. The molecule has 1 aromatic carbocycles. The SMILES string of the molecule is CCc1nn(C)cc1C(O)Cc1ccc(Cl)cc1Cl. The van der Waals surface area contributed by atoms with E-state index in [9.17, 15) is 5.11 Å². The maximum atomic E-state index is 10.3. The van der Waals surface area contributed by atoms with E-state index in [2.05, 4.69) is 5.10 Å². The first-order valence-corrected chi connectivity index (χ1v) is 6.91. The van der Waals surface area contributed by atoms with Crippen molar-refractivity contribution in [2.75, 3.05) is 0 Å². The third kappa shape index (κ3) is 3.30. The van der Waals surface area contributed by atoms with Gasteiger partial charge in [-0.15, -0.1) is 0 Å². The molecule has 0 fully saturated rings. The summed E-state index contributed by atoms with van der Waals surface area (Å²) in [5.41, 5.74) is 2.65. The lowest BCUT2D eigenvalue weighted by Crippen LogP contribution is -2.04. The molecule has 0 aliphatic heterocycles. The Kier molecular flexibility index (Phi) is 4.50. The average Bonchev–Trinajstić information content (AvgIpc) is 2.74. The Bertz CT molecular complexity index is 581. The zero-order valence-corrected chi connectivity index (χ0v) is 12.4. The summed E-state index contributed by atoms with van der Waals surface area (Å²) in [5.74, 6) is 0. The van der Waals surface area contributed by atoms with Crippen LogP contribution in [0.5, 0.6) is 0 Å². The van der Waals surface area contributed by atoms with E-state index < -0.39 is 6.10 Å². The van der Waals surface area contributed by atoms with Crippen LogP contribution < -0.4 is 0 Å². The summed E-state index contributed by atoms with van der Waals surface area (Å²) in [6.45, 7) is 2.02. The van der Waals surface area contributed by atoms with Crippen molar-refractivity contribution in [3.8, 4) is 0 Å². The van der Waals surface area contributed by atoms with Crippen molar-refractivity contribution in [2.45, 2.75) is 25.9 Å². The number of aryl methyl sites for hydroxylation is 2. The number of aliphatic hydroxyl groups excluding tert-OH is 1. The molecule has 3 nitrogen and oxygen atoms in total. The number of aliphatic hydroxyl groups is 1. The Morgan fingerprint density at radius 1 is 1.37 bits per heavy atom. The van der Waals surface area contributed by atoms with E-state index in [-0.39, 0.29) is 0 Å². The maximum Gasteiger partial charge on any atom is 0.0864 e. The number of benzene rings is 1. The van der Waals surface area contributed by atoms with Crippen molar-refractivity contribution in [3.05, 3.63) is 51.3 Å². The summed E-state index contributed by atoms with van der Waals surface area (Å²) < 4.78 is 1.72. The lowest BCUT2D eigenvalue weighted by atomic mass is 10.0. The molecule has 0 amide bonds. The monoisotopic (exact) mass is 298 g/mol. The highest BCUT2D eigenvalue weighted by molar-refractivity contribution is 6.35. The van der Waals surface area contributed by atoms with Gasteiger partial charge in [-0.25, -0.2) is 0 Å². The topological polar surface area (TPSA) is 38.0 Å². The van der Waals surface area contributed by atoms with Crippen LogP contribution in [0, 0.1) is 0 Å². The standard InChI is InChI=1S/C14H16Cl2N2O/c1-3-13-11(8-18(2)17-13)14(19)6-9-4-5-10(15)7-12(9)16/h4-5,7-8,14,19H,3,6H2,1-2H3. The van der Waals surface area contributed by atoms with Crippen molar-refractivity contribution in [1.82, 2.24) is 9.78 Å². The fourth-order valence-corrected chi connectivity index (χ4v) is 2.60. The van der Waals surface area contributed by atoms with E-state index in [1.54, 1.807) is 16.8 Å². The molecule has 5 heteroatoms. The molecule has 0 spiro atoms. The van der Waals surface area contributed by atoms with Gasteiger partial charge in [-0.05, 0) is 24.1 Å². The smallest absolute Gasteiger partial charge is 0.0864 e. The van der Waals surface area contributed by atoms with Gasteiger partial charge in [-0.2, -0.15) is 5.10 Å². The fourth-order valence-electron chi connectivity index (χ4n) is 2.11. The third-order valence-electron chi connectivity index (χ3n) is 3.06. The molecule has 0 saturated carbocycles. The van der Waals surface area contributed by atoms with Crippen LogP contribution in [0.1, 0.15) is 29.8 Å². The van der Waals surface area contributed by atoms with E-state index in [1.165, 1.54) is 0 Å². The molecule has 2 rings (SSSR count). The van der Waals surface area contributed by atoms with E-state index >= 15 is 0 Å². The highest BCUT2D eigenvalue weighted by atomic mass is 35.5. The van der Waals surface area contributed by atoms with Crippen LogP contribution in [0.15, 0.2) is 24.4 Å². The summed E-state index contributed by atoms with van der Waals surface area (Å²) in [6, 6.07) is 5.31. The summed E-state index contributed by atoms with van der Waals surface area (Å²) in [7, 11) is 1.85. The molecule has 2 aromatic rings. The average molecular weight is 299 g/mol. The van der Waals surface area contributed by atoms with Gasteiger partial charge in [-0.3, -0.25) is 4.68 Å². The molecule has 19 heavy (non-hydrogen) atoms. The van der Waals surface area contributed by atoms with E-state index in [4.69, 9.17) is 23.2 Å². The van der Waals surface area contributed by atoms with Crippen LogP contribution in [0.25, 0.3) is 0 Å². The van der Waals surface area contributed by atoms with Crippen molar-refractivity contribution in [2.24, 2.45) is 7.05 Å². The minimum absolute atomic E-state index is 0.453. The Balaban J connectivity index is 2.22. The van der Waals surface area contributed by atoms with Gasteiger partial charge < -0.3 is 5.11 Å². The van der Waals surface area contributed by atoms with E-state index in [1.807, 2.05) is 26.2 Å². The Hall–Kier alpha value is -1.03. The molecule has 0 radical (unpaired) electrons. The Morgan fingerprint density at radius 3 is 2.74 bits per heavy atom. The first-order chi connectivity index (χ1) is 9.01. The lowest BCUT2D eigenvalue weighted by Gasteiger charge is -2.11. The molecule has 1 heterocycles. The molecule has 1 atom stereocenters. The maximum absolute atomic E-state index is 10.3. The molecular weight excluding hydrogens is 283 g/mol. The normalized spacial score (nSPS) is 12.7. The molecule has 1 unspecified atom stereocenters. The third-order valence-corrected chi connectivity index (χ3v) is 3.65. The number of aromatic nitrogens is 2. The molecule has 0 aliphatic carbocycles. The molecule has 102 valence electrons. The quantitative estimate of drug-likeness (QED) is 0.937. The van der Waals surface area contributed by atoms with Crippen molar-refractivity contribution in [1.29, 1.82) is 0 Å². The second-order valence-corrected chi connectivity index (χ2v) is 5.36. The van der Waals surface area contributed by atoms with Gasteiger partial charge >= 0.3 is 0 Å². The van der Waals surface area contributed by atoms with Crippen molar-refractivity contribution >= 4 is 23.2 Å². The van der Waals surface area contributed by atoms with Gasteiger partial charge in [0.15, 0.2) is 0 Å². The minimum atomic E-state index is -0.609. The zero-order valence-electron chi connectivity index (χ0n) is 10.9. The van der Waals surface area contributed by atoms with Crippen LogP contribution in [0.4, 0.5) is 0 Å². The number of rotatable bonds is 4. The van der Waals surface area contributed by atoms with E-state index in [0.29, 0.717) is 16.5 Å². The number of nitrogens with zero attached hydrogens (tertiary/aromatic N) is 2. The van der Waals surface area contributed by atoms with Crippen LogP contribution >= 0.6 is 23.2 Å². The molecule has 0 bridgehead atoms. The first-order valence-electron chi connectivity index (χ1n) is 6.15. The molecule has 1 N–H and O–H groups in total. The predicted octanol–water partition coefficient (Wildman–Crippen LogP) is 3.57. The lowest BCUT2D eigenvalue weighted by molar-refractivity contribution is 0.177. The van der Waals surface area contributed by atoms with Crippen LogP contribution in [-0.2, 0) is 19.9 Å². The van der Waals surface area contributed by atoms with Gasteiger partial charge in [0.25, 0.3) is 0 Å². The van der Waals surface area contributed by atoms with Gasteiger partial charge in [0.2, 0.25) is 0 Å². The fraction of sp³-hybridized carbons (Fsp3) is 0.357. The van der Waals surface area contributed by atoms with Crippen LogP contribution in [0.2, 0.25) is 10.0 Å². The van der Waals surface area contributed by atoms with E-state index in [0.717, 1.165) is 23.2 Å². The highest BCUT2D eigenvalue weighted by Crippen LogP contribution is 2.27. The molecule has 0 saturated heterocycles. The van der Waals surface area contributed by atoms with Gasteiger partial charge in [0.1, 0.15) is 0 Å². The Labute approximate surface area is 122 Å². The second kappa shape index (κ2) is 5.95. The van der Waals surface area contributed by atoms with Gasteiger partial charge in [0, 0.05) is 35.3 Å². The number of hydrogen-bond acceptors (Lipinski definition) is 2. The molecular formula is C14H16Cl2N2O. The van der Waals surface area contributed by atoms with Crippen molar-refractivity contribution in [3.63, 3.8) is 0 Å². The van der Waals surface area contributed by atoms with Gasteiger partial charge in [-0.1, -0.05) is 36.2 Å². The summed E-state index contributed by atoms with van der Waals surface area (Å²) in [6.07, 6.45) is 2.49. The number of halogens is 2. The largest absolute Gasteiger partial charge is 0.388 e. The summed E-state index contributed by atoms with van der Waals surface area (Å²) in [5, 5.41) is 15.9. The van der Waals surface area contributed by atoms with Crippen LogP contribution in [0.3, 0.4) is 0 Å². The van der Waals surface area contributed by atoms with Crippen LogP contribution in [-0.4, -0.2) is 14.9 Å². The summed E-state index contributed by atoms with van der Waals surface area (Å²) >= 11 is 12.0. The molecule has 0 aliphatic rings. The summed E-state index contributed by atoms with van der Waals surface area (Å²) in [4.78, 5) is 0. The molecule has 1 aromatic heterocycles. The Morgan fingerprint density at radius 2 is 2.11 bits per heavy atom. The first kappa shape index (κ1) is 14.4. The second-order valence-electron chi connectivity index (χ2n) is 4.51. The predicted molar refractivity (Wildman–Crippen MR) is 77.7 cm³/mol. The number of hydrogen-bond donors (Lipinski definition) is 1. The van der Waals surface area contributed by atoms with Crippen molar-refractivity contribution < 1.29 is 5.11 Å². The van der Waals surface area contributed by atoms with Gasteiger partial charge in [0.05, 0.1) is 11.8 Å². The minimum Gasteiger partial charge on any atom is -0.388 e. The highest BCUT2D eigenvalue weighted by Gasteiger charge is 2.17.